The molecule has 0 saturated carbocycles. The SMILES string of the molecule is CC[C@H](C)[C@@H](NC(=O)[C@H](Cc1ccccc1)N(C)C)C(=O)N1CC[C@H]2Oc3ccc(OC)c(c3)C=CNC(=O)[C@H]3CCCN3C(=O)[C@@H]21. The maximum atomic E-state index is 14.5. The van der Waals surface area contributed by atoms with Crippen LogP contribution in [0, 0.1) is 5.92 Å². The van der Waals surface area contributed by atoms with Gasteiger partial charge in [-0.3, -0.25) is 24.1 Å². The molecule has 2 aromatic rings. The lowest BCUT2D eigenvalue weighted by atomic mass is 9.96. The minimum absolute atomic E-state index is 0.198. The standard InChI is InChI=1S/C36H47N5O6/c1-6-23(2)31(38-34(43)28(39(3)4)21-24-11-8-7-9-12-24)35(44)41-20-17-30-32(41)36(45)40-19-10-13-27(40)33(42)37-18-16-25-22-26(47-30)14-15-29(25)46-5/h7-9,11-12,14-16,18,22-23,27-28,30-32H,6,10,13,17,19-21H2,1-5H3,(H,37,42)(H,38,43)/t23-,27+,28-,30+,31+,32+/m0/s1. The minimum atomic E-state index is -0.965. The molecule has 2 saturated heterocycles. The summed E-state index contributed by atoms with van der Waals surface area (Å²) in [5.74, 6) is -0.251. The Kier molecular flexibility index (Phi) is 10.9. The van der Waals surface area contributed by atoms with Crippen molar-refractivity contribution in [1.29, 1.82) is 0 Å². The third-order valence-electron chi connectivity index (χ3n) is 9.67. The molecular formula is C36H47N5O6. The maximum absolute atomic E-state index is 14.5. The normalized spacial score (nSPS) is 22.9. The van der Waals surface area contributed by atoms with Gasteiger partial charge in [0.15, 0.2) is 0 Å². The number of likely N-dealkylation sites (tertiary alicyclic amines) is 1. The molecule has 3 aliphatic rings. The highest BCUT2D eigenvalue weighted by Crippen LogP contribution is 2.32. The van der Waals surface area contributed by atoms with Crippen molar-refractivity contribution in [3.8, 4) is 11.5 Å². The molecule has 2 bridgehead atoms. The van der Waals surface area contributed by atoms with Gasteiger partial charge in [0.25, 0.3) is 0 Å². The molecule has 0 aliphatic carbocycles. The van der Waals surface area contributed by atoms with E-state index in [1.54, 1.807) is 47.4 Å². The number of nitrogens with one attached hydrogen (secondary N) is 2. The van der Waals surface area contributed by atoms with Crippen LogP contribution in [0.15, 0.2) is 54.7 Å². The summed E-state index contributed by atoms with van der Waals surface area (Å²) in [6.45, 7) is 4.60. The van der Waals surface area contributed by atoms with Crippen molar-refractivity contribution in [2.24, 2.45) is 5.92 Å². The number of hydrogen-bond acceptors (Lipinski definition) is 7. The van der Waals surface area contributed by atoms with Gasteiger partial charge in [0.2, 0.25) is 23.6 Å². The number of nitrogens with zero attached hydrogens (tertiary/aromatic N) is 3. The van der Waals surface area contributed by atoms with Gasteiger partial charge >= 0.3 is 0 Å². The predicted octanol–water partition coefficient (Wildman–Crippen LogP) is 2.84. The largest absolute Gasteiger partial charge is 0.496 e. The molecule has 6 atom stereocenters. The minimum Gasteiger partial charge on any atom is -0.496 e. The van der Waals surface area contributed by atoms with Crippen LogP contribution in [-0.2, 0) is 25.6 Å². The first-order chi connectivity index (χ1) is 22.6. The van der Waals surface area contributed by atoms with Crippen molar-refractivity contribution in [2.45, 2.75) is 76.2 Å². The van der Waals surface area contributed by atoms with Crippen LogP contribution in [-0.4, -0.2) is 103 Å². The summed E-state index contributed by atoms with van der Waals surface area (Å²) in [4.78, 5) is 61.1. The monoisotopic (exact) mass is 645 g/mol. The van der Waals surface area contributed by atoms with E-state index in [0.29, 0.717) is 55.7 Å². The summed E-state index contributed by atoms with van der Waals surface area (Å²) in [5.41, 5.74) is 1.72. The van der Waals surface area contributed by atoms with Gasteiger partial charge in [-0.05, 0) is 69.1 Å². The van der Waals surface area contributed by atoms with Gasteiger partial charge in [-0.25, -0.2) is 0 Å². The van der Waals surface area contributed by atoms with Crippen LogP contribution in [0.1, 0.15) is 50.7 Å². The number of carbonyl (C=O) groups is 4. The summed E-state index contributed by atoms with van der Waals surface area (Å²) in [6, 6.07) is 12.1. The maximum Gasteiger partial charge on any atom is 0.249 e. The topological polar surface area (TPSA) is 121 Å². The Morgan fingerprint density at radius 1 is 1.11 bits per heavy atom. The van der Waals surface area contributed by atoms with Crippen LogP contribution < -0.4 is 20.1 Å². The Bertz CT molecular complexity index is 1480. The number of amides is 4. The molecule has 0 spiro atoms. The van der Waals surface area contributed by atoms with Crippen LogP contribution >= 0.6 is 0 Å². The van der Waals surface area contributed by atoms with Gasteiger partial charge in [0.05, 0.1) is 13.2 Å². The first kappa shape index (κ1) is 34.0. The third-order valence-corrected chi connectivity index (χ3v) is 9.67. The number of hydrogen-bond donors (Lipinski definition) is 2. The Hall–Kier alpha value is -4.38. The van der Waals surface area contributed by atoms with E-state index in [9.17, 15) is 19.2 Å². The molecule has 5 rings (SSSR count). The second kappa shape index (κ2) is 15.0. The lowest BCUT2D eigenvalue weighted by Gasteiger charge is -2.36. The van der Waals surface area contributed by atoms with Gasteiger partial charge in [-0.2, -0.15) is 0 Å². The van der Waals surface area contributed by atoms with Crippen LogP contribution in [0.5, 0.6) is 11.5 Å². The van der Waals surface area contributed by atoms with Crippen molar-refractivity contribution in [3.63, 3.8) is 0 Å². The zero-order valence-corrected chi connectivity index (χ0v) is 28.0. The van der Waals surface area contributed by atoms with Gasteiger partial charge in [0, 0.05) is 31.3 Å². The lowest BCUT2D eigenvalue weighted by Crippen LogP contribution is -2.60. The molecule has 47 heavy (non-hydrogen) atoms. The molecule has 2 N–H and O–H groups in total. The van der Waals surface area contributed by atoms with E-state index in [1.165, 1.54) is 0 Å². The number of ether oxygens (including phenoxy) is 2. The Morgan fingerprint density at radius 2 is 1.87 bits per heavy atom. The number of methoxy groups -OCH3 is 1. The van der Waals surface area contributed by atoms with Crippen LogP contribution in [0.2, 0.25) is 0 Å². The van der Waals surface area contributed by atoms with Gasteiger partial charge in [0.1, 0.15) is 35.7 Å². The summed E-state index contributed by atoms with van der Waals surface area (Å²) in [6.07, 6.45) is 5.38. The fourth-order valence-corrected chi connectivity index (χ4v) is 6.76. The van der Waals surface area contributed by atoms with E-state index < -0.39 is 30.3 Å². The summed E-state index contributed by atoms with van der Waals surface area (Å²) < 4.78 is 12.0. The Labute approximate surface area is 277 Å². The fraction of sp³-hybridized carbons (Fsp3) is 0.500. The van der Waals surface area contributed by atoms with Crippen molar-refractivity contribution >= 4 is 29.7 Å². The highest BCUT2D eigenvalue weighted by atomic mass is 16.5. The second-order valence-corrected chi connectivity index (χ2v) is 12.9. The van der Waals surface area contributed by atoms with Crippen molar-refractivity contribution in [2.75, 3.05) is 34.3 Å². The van der Waals surface area contributed by atoms with E-state index in [1.807, 2.05) is 63.2 Å². The quantitative estimate of drug-likeness (QED) is 0.431. The molecule has 252 valence electrons. The number of fused-ring (bicyclic) bond motifs is 4. The molecule has 11 heteroatoms. The van der Waals surface area contributed by atoms with E-state index in [-0.39, 0.29) is 36.1 Å². The number of rotatable bonds is 9. The molecular weight excluding hydrogens is 598 g/mol. The molecule has 0 radical (unpaired) electrons. The molecule has 3 aliphatic heterocycles. The van der Waals surface area contributed by atoms with Gasteiger partial charge in [-0.1, -0.05) is 50.6 Å². The molecule has 2 aromatic carbocycles. The smallest absolute Gasteiger partial charge is 0.249 e. The summed E-state index contributed by atoms with van der Waals surface area (Å²) >= 11 is 0. The van der Waals surface area contributed by atoms with Gasteiger partial charge < -0.3 is 29.9 Å². The molecule has 2 fully saturated rings. The average Bonchev–Trinajstić information content (AvgIpc) is 3.73. The van der Waals surface area contributed by atoms with E-state index in [0.717, 1.165) is 5.56 Å². The summed E-state index contributed by atoms with van der Waals surface area (Å²) in [5, 5.41) is 5.90. The molecule has 3 heterocycles. The number of likely N-dealkylation sites (N-methyl/N-ethyl adjacent to an activating group) is 1. The average molecular weight is 646 g/mol. The van der Waals surface area contributed by atoms with E-state index in [2.05, 4.69) is 10.6 Å². The highest BCUT2D eigenvalue weighted by molar-refractivity contribution is 5.96. The van der Waals surface area contributed by atoms with Crippen molar-refractivity contribution < 1.29 is 28.7 Å². The Morgan fingerprint density at radius 3 is 2.57 bits per heavy atom. The zero-order chi connectivity index (χ0) is 33.7. The van der Waals surface area contributed by atoms with Crippen molar-refractivity contribution in [3.05, 3.63) is 65.9 Å². The van der Waals surface area contributed by atoms with Gasteiger partial charge in [-0.15, -0.1) is 0 Å². The highest BCUT2D eigenvalue weighted by Gasteiger charge is 2.50. The lowest BCUT2D eigenvalue weighted by molar-refractivity contribution is -0.150. The number of benzene rings is 2. The van der Waals surface area contributed by atoms with Crippen LogP contribution in [0.3, 0.4) is 0 Å². The van der Waals surface area contributed by atoms with E-state index in [4.69, 9.17) is 9.47 Å². The molecule has 4 amide bonds. The Balaban J connectivity index is 1.46. The summed E-state index contributed by atoms with van der Waals surface area (Å²) in [7, 11) is 5.27. The first-order valence-corrected chi connectivity index (χ1v) is 16.6. The third kappa shape index (κ3) is 7.45. The van der Waals surface area contributed by atoms with Crippen LogP contribution in [0.25, 0.3) is 6.08 Å². The fourth-order valence-electron chi connectivity index (χ4n) is 6.76. The first-order valence-electron chi connectivity index (χ1n) is 16.6. The molecule has 0 unspecified atom stereocenters. The predicted molar refractivity (Wildman–Crippen MR) is 178 cm³/mol. The zero-order valence-electron chi connectivity index (χ0n) is 28.0. The molecule has 11 nitrogen and oxygen atoms in total. The number of carbonyl (C=O) groups excluding carboxylic acids is 4. The van der Waals surface area contributed by atoms with Crippen molar-refractivity contribution in [1.82, 2.24) is 25.3 Å². The van der Waals surface area contributed by atoms with E-state index >= 15 is 0 Å². The second-order valence-electron chi connectivity index (χ2n) is 12.9. The van der Waals surface area contributed by atoms with Crippen LogP contribution in [0.4, 0.5) is 0 Å². The molecule has 0 aromatic heterocycles.